The molecule has 2 atom stereocenters. The van der Waals surface area contributed by atoms with Gasteiger partial charge in [-0.25, -0.2) is 4.67 Å². The molecule has 0 N–H and O–H groups in total. The molecule has 22 heavy (non-hydrogen) atoms. The number of carbonyl (C=O) groups excluding carboxylic acids is 1. The molecule has 0 aliphatic rings. The Morgan fingerprint density at radius 3 is 2.41 bits per heavy atom. The minimum atomic E-state index is -2.79. The fourth-order valence-corrected chi connectivity index (χ4v) is 4.86. The van der Waals surface area contributed by atoms with Gasteiger partial charge < -0.3 is 9.30 Å². The van der Waals surface area contributed by atoms with Crippen LogP contribution < -0.4 is 5.30 Å². The predicted octanol–water partition coefficient (Wildman–Crippen LogP) is 3.66. The Morgan fingerprint density at radius 2 is 1.86 bits per heavy atom. The first-order valence-corrected chi connectivity index (χ1v) is 10.0. The molecule has 0 heterocycles. The van der Waals surface area contributed by atoms with Gasteiger partial charge in [-0.1, -0.05) is 56.5 Å². The average molecular weight is 325 g/mol. The van der Waals surface area contributed by atoms with Crippen molar-refractivity contribution in [2.24, 2.45) is 0 Å². The molecule has 0 saturated heterocycles. The van der Waals surface area contributed by atoms with E-state index >= 15 is 0 Å². The average Bonchev–Trinajstić information content (AvgIpc) is 2.54. The fraction of sp³-hybridized carbons (Fsp3) is 0.588. The number of hydrogen-bond donors (Lipinski definition) is 0. The number of ether oxygens (including phenoxy) is 1. The van der Waals surface area contributed by atoms with Crippen LogP contribution in [0.4, 0.5) is 0 Å². The lowest BCUT2D eigenvalue weighted by Gasteiger charge is -2.33. The predicted molar refractivity (Wildman–Crippen MR) is 91.9 cm³/mol. The molecule has 1 aromatic carbocycles. The molecule has 0 saturated carbocycles. The molecule has 0 aliphatic carbocycles. The number of carbonyl (C=O) groups is 1. The normalized spacial score (nSPS) is 15.3. The number of hydrogen-bond acceptors (Lipinski definition) is 3. The van der Waals surface area contributed by atoms with Crippen LogP contribution >= 0.6 is 7.29 Å². The van der Waals surface area contributed by atoms with Gasteiger partial charge in [-0.05, 0) is 13.3 Å². The molecule has 0 radical (unpaired) electrons. The minimum absolute atomic E-state index is 0.339. The van der Waals surface area contributed by atoms with Crippen molar-refractivity contribution in [2.75, 3.05) is 20.3 Å². The second-order valence-corrected chi connectivity index (χ2v) is 8.43. The first-order chi connectivity index (χ1) is 10.4. The summed E-state index contributed by atoms with van der Waals surface area (Å²) in [4.78, 5) is 11.9. The highest BCUT2D eigenvalue weighted by Crippen LogP contribution is 2.46. The van der Waals surface area contributed by atoms with E-state index in [1.54, 1.807) is 13.6 Å². The summed E-state index contributed by atoms with van der Waals surface area (Å²) in [6.07, 6.45) is 4.31. The third-order valence-corrected chi connectivity index (χ3v) is 6.74. The highest BCUT2D eigenvalue weighted by Gasteiger charge is 2.34. The summed E-state index contributed by atoms with van der Waals surface area (Å²) in [5, 5.41) is 0.779. The van der Waals surface area contributed by atoms with E-state index in [2.05, 4.69) is 6.92 Å². The molecule has 0 spiro atoms. The van der Waals surface area contributed by atoms with Gasteiger partial charge >= 0.3 is 5.97 Å². The second kappa shape index (κ2) is 9.12. The zero-order chi connectivity index (χ0) is 16.6. The first kappa shape index (κ1) is 18.9. The molecule has 0 fully saturated rings. The van der Waals surface area contributed by atoms with Crippen LogP contribution in [0.1, 0.15) is 39.5 Å². The molecule has 0 bridgehead atoms. The largest absolute Gasteiger partial charge is 0.468 e. The number of nitrogens with zero attached hydrogens (tertiary/aromatic N) is 1. The maximum Gasteiger partial charge on any atom is 0.323 e. The molecular formula is C17H28NO3P. The Hall–Kier alpha value is -1.12. The van der Waals surface area contributed by atoms with Gasteiger partial charge in [0.05, 0.1) is 7.11 Å². The zero-order valence-electron chi connectivity index (χ0n) is 14.1. The van der Waals surface area contributed by atoms with Crippen LogP contribution in [0.3, 0.4) is 0 Å². The van der Waals surface area contributed by atoms with Crippen LogP contribution in [-0.2, 0) is 14.1 Å². The molecule has 4 nitrogen and oxygen atoms in total. The number of benzene rings is 1. The second-order valence-electron chi connectivity index (χ2n) is 5.64. The van der Waals surface area contributed by atoms with E-state index in [4.69, 9.17) is 4.74 Å². The monoisotopic (exact) mass is 325 g/mol. The van der Waals surface area contributed by atoms with Gasteiger partial charge in [0.15, 0.2) is 7.29 Å². The van der Waals surface area contributed by atoms with Crippen molar-refractivity contribution in [3.8, 4) is 0 Å². The summed E-state index contributed by atoms with van der Waals surface area (Å²) in [7, 11) is -1.42. The standard InChI is InChI=1S/C17H28NO3P/c1-5-6-7-11-14-18(15(2)17(19)21-3)22(4,20)16-12-9-8-10-13-16/h8-10,12-13,15H,5-7,11,14H2,1-4H3/t15-,22-/m1/s1. The van der Waals surface area contributed by atoms with E-state index in [1.807, 2.05) is 35.0 Å². The summed E-state index contributed by atoms with van der Waals surface area (Å²) in [6.45, 7) is 6.30. The van der Waals surface area contributed by atoms with Gasteiger partial charge in [0, 0.05) is 18.5 Å². The molecular weight excluding hydrogens is 297 g/mol. The number of esters is 1. The Labute approximate surface area is 134 Å². The first-order valence-electron chi connectivity index (χ1n) is 7.93. The summed E-state index contributed by atoms with van der Waals surface area (Å²) < 4.78 is 20.0. The van der Waals surface area contributed by atoms with Crippen molar-refractivity contribution < 1.29 is 14.1 Å². The quantitative estimate of drug-likeness (QED) is 0.395. The summed E-state index contributed by atoms with van der Waals surface area (Å²) >= 11 is 0. The smallest absolute Gasteiger partial charge is 0.323 e. The zero-order valence-corrected chi connectivity index (χ0v) is 15.0. The molecule has 0 amide bonds. The van der Waals surface area contributed by atoms with E-state index in [1.165, 1.54) is 7.11 Å². The molecule has 124 valence electrons. The highest BCUT2D eigenvalue weighted by molar-refractivity contribution is 7.68. The number of methoxy groups -OCH3 is 1. The Morgan fingerprint density at radius 1 is 1.23 bits per heavy atom. The van der Waals surface area contributed by atoms with E-state index in [0.29, 0.717) is 6.54 Å². The highest BCUT2D eigenvalue weighted by atomic mass is 31.2. The van der Waals surface area contributed by atoms with Gasteiger partial charge in [0.2, 0.25) is 0 Å². The van der Waals surface area contributed by atoms with Crippen LogP contribution in [0.2, 0.25) is 0 Å². The van der Waals surface area contributed by atoms with E-state index in [0.717, 1.165) is 31.0 Å². The summed E-state index contributed by atoms with van der Waals surface area (Å²) in [6, 6.07) is 8.88. The van der Waals surface area contributed by atoms with Crippen LogP contribution in [0.15, 0.2) is 30.3 Å². The fourth-order valence-electron chi connectivity index (χ4n) is 2.56. The minimum Gasteiger partial charge on any atom is -0.468 e. The van der Waals surface area contributed by atoms with Crippen molar-refractivity contribution >= 4 is 18.6 Å². The Bertz CT molecular complexity index is 504. The molecule has 1 aromatic rings. The van der Waals surface area contributed by atoms with Gasteiger partial charge in [0.1, 0.15) is 6.04 Å². The third kappa shape index (κ3) is 4.96. The third-order valence-electron chi connectivity index (χ3n) is 3.96. The Balaban J connectivity index is 2.97. The van der Waals surface area contributed by atoms with Crippen molar-refractivity contribution in [2.45, 2.75) is 45.6 Å². The van der Waals surface area contributed by atoms with Crippen LogP contribution in [-0.4, -0.2) is 37.0 Å². The topological polar surface area (TPSA) is 46.6 Å². The SMILES string of the molecule is CCCCCCN([C@H](C)C(=O)OC)[P@](C)(=O)c1ccccc1. The van der Waals surface area contributed by atoms with E-state index in [-0.39, 0.29) is 5.97 Å². The van der Waals surface area contributed by atoms with E-state index in [9.17, 15) is 9.36 Å². The molecule has 5 heteroatoms. The van der Waals surface area contributed by atoms with Crippen molar-refractivity contribution in [3.05, 3.63) is 30.3 Å². The molecule has 0 unspecified atom stereocenters. The lowest BCUT2D eigenvalue weighted by atomic mass is 10.2. The van der Waals surface area contributed by atoms with Crippen molar-refractivity contribution in [1.29, 1.82) is 0 Å². The lowest BCUT2D eigenvalue weighted by molar-refractivity contribution is -0.144. The number of unbranched alkanes of at least 4 members (excludes halogenated alkanes) is 3. The lowest BCUT2D eigenvalue weighted by Crippen LogP contribution is -2.40. The summed E-state index contributed by atoms with van der Waals surface area (Å²) in [5.41, 5.74) is 0. The van der Waals surface area contributed by atoms with Crippen molar-refractivity contribution in [3.63, 3.8) is 0 Å². The maximum absolute atomic E-state index is 13.4. The van der Waals surface area contributed by atoms with Crippen LogP contribution in [0.25, 0.3) is 0 Å². The van der Waals surface area contributed by atoms with Crippen LogP contribution in [0.5, 0.6) is 0 Å². The van der Waals surface area contributed by atoms with Gasteiger partial charge in [-0.15, -0.1) is 0 Å². The molecule has 0 aliphatic heterocycles. The van der Waals surface area contributed by atoms with Gasteiger partial charge in [0.25, 0.3) is 0 Å². The van der Waals surface area contributed by atoms with E-state index < -0.39 is 13.3 Å². The van der Waals surface area contributed by atoms with Crippen LogP contribution in [0, 0.1) is 0 Å². The summed E-state index contributed by atoms with van der Waals surface area (Å²) in [5.74, 6) is -0.339. The van der Waals surface area contributed by atoms with Gasteiger partial charge in [-0.3, -0.25) is 4.79 Å². The Kier molecular flexibility index (Phi) is 7.84. The molecule has 1 rings (SSSR count). The maximum atomic E-state index is 13.4. The van der Waals surface area contributed by atoms with Gasteiger partial charge in [-0.2, -0.15) is 0 Å². The van der Waals surface area contributed by atoms with Crippen molar-refractivity contribution in [1.82, 2.24) is 4.67 Å². The number of rotatable bonds is 9. The molecule has 0 aromatic heterocycles.